The van der Waals surface area contributed by atoms with Crippen LogP contribution in [-0.2, 0) is 0 Å². The number of nitro groups is 1. The van der Waals surface area contributed by atoms with Gasteiger partial charge in [-0.15, -0.1) is 0 Å². The van der Waals surface area contributed by atoms with Crippen molar-refractivity contribution in [3.63, 3.8) is 0 Å². The van der Waals surface area contributed by atoms with E-state index in [0.717, 1.165) is 18.2 Å². The molecule has 0 spiro atoms. The fourth-order valence-corrected chi connectivity index (χ4v) is 1.65. The number of hydrogen-bond donors (Lipinski definition) is 1. The quantitative estimate of drug-likeness (QED) is 0.687. The van der Waals surface area contributed by atoms with Gasteiger partial charge in [0.15, 0.2) is 5.82 Å². The van der Waals surface area contributed by atoms with Crippen molar-refractivity contribution in [3.05, 3.63) is 62.6 Å². The van der Waals surface area contributed by atoms with Gasteiger partial charge in [0.1, 0.15) is 5.69 Å². The van der Waals surface area contributed by atoms with Crippen molar-refractivity contribution in [3.8, 4) is 0 Å². The molecule has 0 radical (unpaired) electrons. The van der Waals surface area contributed by atoms with E-state index in [-0.39, 0.29) is 17.1 Å². The highest BCUT2D eigenvalue weighted by Crippen LogP contribution is 2.21. The summed E-state index contributed by atoms with van der Waals surface area (Å²) in [5, 5.41) is 12.8. The second kappa shape index (κ2) is 5.74. The van der Waals surface area contributed by atoms with Crippen LogP contribution in [0.2, 0.25) is 0 Å². The number of carbonyl (C=O) groups excluding carboxylic acids is 1. The molecular formula is C12H7BrFN3O3. The van der Waals surface area contributed by atoms with Crippen LogP contribution in [-0.4, -0.2) is 15.8 Å². The molecule has 0 aliphatic rings. The molecule has 2 rings (SSSR count). The lowest BCUT2D eigenvalue weighted by Crippen LogP contribution is -2.14. The summed E-state index contributed by atoms with van der Waals surface area (Å²) in [6.45, 7) is 0. The van der Waals surface area contributed by atoms with Crippen LogP contribution >= 0.6 is 15.9 Å². The predicted octanol–water partition coefficient (Wildman–Crippen LogP) is 3.14. The van der Waals surface area contributed by atoms with E-state index in [1.165, 1.54) is 12.3 Å². The number of anilines is 1. The molecule has 0 unspecified atom stereocenters. The summed E-state index contributed by atoms with van der Waals surface area (Å²) < 4.78 is 14.3. The molecule has 6 nitrogen and oxygen atoms in total. The Labute approximate surface area is 120 Å². The first-order valence-electron chi connectivity index (χ1n) is 5.34. The SMILES string of the molecule is O=C(Nc1ccc([N+](=O)[O-])cc1F)c1ccc(Br)cn1. The molecule has 1 heterocycles. The Morgan fingerprint density at radius 3 is 2.65 bits per heavy atom. The van der Waals surface area contributed by atoms with E-state index >= 15 is 0 Å². The molecule has 0 fully saturated rings. The maximum absolute atomic E-state index is 13.6. The van der Waals surface area contributed by atoms with Crippen molar-refractivity contribution in [2.45, 2.75) is 0 Å². The monoisotopic (exact) mass is 339 g/mol. The molecule has 1 aromatic heterocycles. The minimum atomic E-state index is -0.885. The second-order valence-electron chi connectivity index (χ2n) is 3.74. The summed E-state index contributed by atoms with van der Waals surface area (Å²) in [7, 11) is 0. The van der Waals surface area contributed by atoms with Crippen molar-refractivity contribution >= 4 is 33.2 Å². The topological polar surface area (TPSA) is 85.1 Å². The van der Waals surface area contributed by atoms with Gasteiger partial charge < -0.3 is 5.32 Å². The van der Waals surface area contributed by atoms with Gasteiger partial charge in [-0.3, -0.25) is 14.9 Å². The summed E-state index contributed by atoms with van der Waals surface area (Å²) in [5.41, 5.74) is -0.432. The Morgan fingerprint density at radius 1 is 1.35 bits per heavy atom. The third-order valence-electron chi connectivity index (χ3n) is 2.37. The Morgan fingerprint density at radius 2 is 2.10 bits per heavy atom. The number of rotatable bonds is 3. The number of carbonyl (C=O) groups is 1. The molecule has 1 amide bonds. The number of halogens is 2. The average molecular weight is 340 g/mol. The minimum absolute atomic E-state index is 0.103. The number of nitro benzene ring substituents is 1. The van der Waals surface area contributed by atoms with Crippen LogP contribution in [0.15, 0.2) is 41.0 Å². The molecule has 102 valence electrons. The van der Waals surface area contributed by atoms with E-state index in [9.17, 15) is 19.3 Å². The number of aromatic nitrogens is 1. The van der Waals surface area contributed by atoms with E-state index < -0.39 is 16.6 Å². The van der Waals surface area contributed by atoms with Gasteiger partial charge >= 0.3 is 0 Å². The van der Waals surface area contributed by atoms with Crippen LogP contribution in [0.3, 0.4) is 0 Å². The van der Waals surface area contributed by atoms with Gasteiger partial charge in [-0.25, -0.2) is 9.37 Å². The number of hydrogen-bond acceptors (Lipinski definition) is 4. The molecule has 0 aliphatic heterocycles. The number of amides is 1. The van der Waals surface area contributed by atoms with Crippen molar-refractivity contribution in [1.29, 1.82) is 0 Å². The van der Waals surface area contributed by atoms with Gasteiger partial charge in [-0.1, -0.05) is 0 Å². The largest absolute Gasteiger partial charge is 0.318 e. The Kier molecular flexibility index (Phi) is 4.04. The molecular weight excluding hydrogens is 333 g/mol. The predicted molar refractivity (Wildman–Crippen MR) is 72.9 cm³/mol. The zero-order chi connectivity index (χ0) is 14.7. The molecule has 8 heteroatoms. The van der Waals surface area contributed by atoms with Crippen LogP contribution < -0.4 is 5.32 Å². The number of benzene rings is 1. The van der Waals surface area contributed by atoms with Crippen LogP contribution in [0.25, 0.3) is 0 Å². The van der Waals surface area contributed by atoms with Gasteiger partial charge in [-0.2, -0.15) is 0 Å². The van der Waals surface area contributed by atoms with Crippen molar-refractivity contribution in [1.82, 2.24) is 4.98 Å². The average Bonchev–Trinajstić information content (AvgIpc) is 2.41. The normalized spacial score (nSPS) is 10.1. The number of nitrogens with one attached hydrogen (secondary N) is 1. The van der Waals surface area contributed by atoms with E-state index in [4.69, 9.17) is 0 Å². The molecule has 0 saturated carbocycles. The van der Waals surface area contributed by atoms with E-state index in [1.807, 2.05) is 0 Å². The molecule has 20 heavy (non-hydrogen) atoms. The zero-order valence-corrected chi connectivity index (χ0v) is 11.4. The third kappa shape index (κ3) is 3.15. The second-order valence-corrected chi connectivity index (χ2v) is 4.65. The van der Waals surface area contributed by atoms with Crippen molar-refractivity contribution < 1.29 is 14.1 Å². The Hall–Kier alpha value is -2.35. The fourth-order valence-electron chi connectivity index (χ4n) is 1.42. The smallest absolute Gasteiger partial charge is 0.274 e. The molecule has 0 bridgehead atoms. The fraction of sp³-hybridized carbons (Fsp3) is 0. The lowest BCUT2D eigenvalue weighted by atomic mass is 10.2. The lowest BCUT2D eigenvalue weighted by Gasteiger charge is -2.05. The maximum Gasteiger partial charge on any atom is 0.274 e. The van der Waals surface area contributed by atoms with Crippen LogP contribution in [0.5, 0.6) is 0 Å². The van der Waals surface area contributed by atoms with Crippen LogP contribution in [0, 0.1) is 15.9 Å². The molecule has 1 aromatic carbocycles. The maximum atomic E-state index is 13.6. The first-order valence-corrected chi connectivity index (χ1v) is 6.13. The van der Waals surface area contributed by atoms with Crippen LogP contribution in [0.4, 0.5) is 15.8 Å². The van der Waals surface area contributed by atoms with E-state index in [0.29, 0.717) is 4.47 Å². The number of pyridine rings is 1. The first kappa shape index (κ1) is 14.1. The highest BCUT2D eigenvalue weighted by Gasteiger charge is 2.14. The summed E-state index contributed by atoms with van der Waals surface area (Å²) in [5.74, 6) is -1.49. The number of non-ortho nitro benzene ring substituents is 1. The lowest BCUT2D eigenvalue weighted by molar-refractivity contribution is -0.385. The summed E-state index contributed by atoms with van der Waals surface area (Å²) in [4.78, 5) is 25.4. The van der Waals surface area contributed by atoms with Gasteiger partial charge in [0, 0.05) is 16.7 Å². The highest BCUT2D eigenvalue weighted by atomic mass is 79.9. The molecule has 0 saturated heterocycles. The van der Waals surface area contributed by atoms with Crippen LogP contribution in [0.1, 0.15) is 10.5 Å². The van der Waals surface area contributed by atoms with E-state index in [1.54, 1.807) is 6.07 Å². The summed E-state index contributed by atoms with van der Waals surface area (Å²) in [6, 6.07) is 6.05. The van der Waals surface area contributed by atoms with Crippen molar-refractivity contribution in [2.75, 3.05) is 5.32 Å². The first-order chi connectivity index (χ1) is 9.47. The minimum Gasteiger partial charge on any atom is -0.318 e. The summed E-state index contributed by atoms with van der Waals surface area (Å²) in [6.07, 6.45) is 1.43. The highest BCUT2D eigenvalue weighted by molar-refractivity contribution is 9.10. The van der Waals surface area contributed by atoms with Gasteiger partial charge in [0.25, 0.3) is 11.6 Å². The molecule has 0 aliphatic carbocycles. The molecule has 0 atom stereocenters. The van der Waals surface area contributed by atoms with Crippen molar-refractivity contribution in [2.24, 2.45) is 0 Å². The number of nitrogens with zero attached hydrogens (tertiary/aromatic N) is 2. The third-order valence-corrected chi connectivity index (χ3v) is 2.84. The van der Waals surface area contributed by atoms with Gasteiger partial charge in [-0.05, 0) is 34.1 Å². The van der Waals surface area contributed by atoms with Gasteiger partial charge in [0.05, 0.1) is 16.7 Å². The summed E-state index contributed by atoms with van der Waals surface area (Å²) >= 11 is 3.18. The standard InChI is InChI=1S/C12H7BrFN3O3/c13-7-1-3-11(15-6-7)12(18)16-10-4-2-8(17(19)20)5-9(10)14/h1-6H,(H,16,18). The Bertz CT molecular complexity index is 676. The zero-order valence-electron chi connectivity index (χ0n) is 9.84. The molecule has 2 aromatic rings. The van der Waals surface area contributed by atoms with Gasteiger partial charge in [0.2, 0.25) is 0 Å². The van der Waals surface area contributed by atoms with E-state index in [2.05, 4.69) is 26.2 Å². The molecule has 1 N–H and O–H groups in total. The Balaban J connectivity index is 2.19.